The van der Waals surface area contributed by atoms with Gasteiger partial charge in [-0.1, -0.05) is 48.0 Å². The van der Waals surface area contributed by atoms with Crippen molar-refractivity contribution in [2.45, 2.75) is 26.2 Å². The zero-order valence-corrected chi connectivity index (χ0v) is 22.2. The summed E-state index contributed by atoms with van der Waals surface area (Å²) >= 11 is 0. The summed E-state index contributed by atoms with van der Waals surface area (Å²) in [5.74, 6) is 0.854. The molecular formula is C32H37N3O2. The maximum absolute atomic E-state index is 12.8. The second-order valence-electron chi connectivity index (χ2n) is 10.3. The Labute approximate surface area is 220 Å². The van der Waals surface area contributed by atoms with Gasteiger partial charge in [0.25, 0.3) is 0 Å². The number of likely N-dealkylation sites (N-methyl/N-ethyl adjacent to an activating group) is 1. The average Bonchev–Trinajstić information content (AvgIpc) is 2.92. The molecule has 0 radical (unpaired) electrons. The topological polar surface area (TPSA) is 44.8 Å². The highest BCUT2D eigenvalue weighted by Crippen LogP contribution is 2.33. The Balaban J connectivity index is 1.19. The molecule has 1 aliphatic heterocycles. The van der Waals surface area contributed by atoms with E-state index in [-0.39, 0.29) is 5.91 Å². The minimum absolute atomic E-state index is 0.0102. The molecule has 1 fully saturated rings. The van der Waals surface area contributed by atoms with Crippen LogP contribution in [0.5, 0.6) is 5.75 Å². The summed E-state index contributed by atoms with van der Waals surface area (Å²) in [6.07, 6.45) is 2.49. The van der Waals surface area contributed by atoms with E-state index in [0.717, 1.165) is 73.7 Å². The van der Waals surface area contributed by atoms with Gasteiger partial charge in [-0.3, -0.25) is 9.69 Å². The van der Waals surface area contributed by atoms with E-state index in [0.29, 0.717) is 6.42 Å². The summed E-state index contributed by atoms with van der Waals surface area (Å²) in [5, 5.41) is 3.11. The largest absolute Gasteiger partial charge is 0.497 e. The monoisotopic (exact) mass is 495 g/mol. The molecule has 5 heteroatoms. The molecule has 5 rings (SSSR count). The highest BCUT2D eigenvalue weighted by Gasteiger charge is 2.21. The summed E-state index contributed by atoms with van der Waals surface area (Å²) in [4.78, 5) is 17.8. The molecular weight excluding hydrogens is 458 g/mol. The summed E-state index contributed by atoms with van der Waals surface area (Å²) in [6, 6.07) is 22.6. The summed E-state index contributed by atoms with van der Waals surface area (Å²) < 4.78 is 5.24. The average molecular weight is 496 g/mol. The lowest BCUT2D eigenvalue weighted by molar-refractivity contribution is -0.115. The van der Waals surface area contributed by atoms with Gasteiger partial charge < -0.3 is 15.0 Å². The number of carbonyl (C=O) groups excluding carboxylic acids is 1. The Bertz CT molecular complexity index is 1270. The molecule has 1 amide bonds. The fraction of sp³-hybridized carbons (Fsp3) is 0.344. The quantitative estimate of drug-likeness (QED) is 0.469. The molecule has 2 aliphatic rings. The van der Waals surface area contributed by atoms with E-state index in [1.54, 1.807) is 12.7 Å². The van der Waals surface area contributed by atoms with Gasteiger partial charge in [0.1, 0.15) is 5.75 Å². The number of allylic oxidation sites excluding steroid dienone is 1. The van der Waals surface area contributed by atoms with Crippen molar-refractivity contribution in [1.29, 1.82) is 0 Å². The second-order valence-corrected chi connectivity index (χ2v) is 10.3. The number of aryl methyl sites for hydroxylation is 1. The number of methoxy groups -OCH3 is 1. The van der Waals surface area contributed by atoms with Crippen LogP contribution in [-0.2, 0) is 17.6 Å². The molecule has 1 heterocycles. The molecule has 0 aromatic heterocycles. The number of hydrogen-bond acceptors (Lipinski definition) is 4. The molecule has 0 spiro atoms. The van der Waals surface area contributed by atoms with E-state index in [1.165, 1.54) is 16.7 Å². The van der Waals surface area contributed by atoms with E-state index in [1.807, 2.05) is 42.5 Å². The SMILES string of the molecule is COc1ccc(-c2ccc(CC(=O)Nc3ccc4c(c3)CCC(CN3CCN(C)CC3)=C4C)cc2)cc1. The number of nitrogens with zero attached hydrogens (tertiary/aromatic N) is 2. The molecule has 3 aromatic rings. The van der Waals surface area contributed by atoms with Crippen LogP contribution in [0.4, 0.5) is 5.69 Å². The van der Waals surface area contributed by atoms with Crippen LogP contribution in [0.3, 0.4) is 0 Å². The molecule has 1 saturated heterocycles. The van der Waals surface area contributed by atoms with Crippen molar-refractivity contribution in [3.63, 3.8) is 0 Å². The summed E-state index contributed by atoms with van der Waals surface area (Å²) in [6.45, 7) is 7.94. The van der Waals surface area contributed by atoms with Gasteiger partial charge in [-0.2, -0.15) is 0 Å². The van der Waals surface area contributed by atoms with Gasteiger partial charge in [0.05, 0.1) is 13.5 Å². The lowest BCUT2D eigenvalue weighted by Gasteiger charge is -2.34. The smallest absolute Gasteiger partial charge is 0.228 e. The fourth-order valence-electron chi connectivity index (χ4n) is 5.37. The first-order chi connectivity index (χ1) is 18.0. The van der Waals surface area contributed by atoms with Crippen LogP contribution in [0.15, 0.2) is 72.3 Å². The fourth-order valence-corrected chi connectivity index (χ4v) is 5.37. The van der Waals surface area contributed by atoms with E-state index in [2.05, 4.69) is 53.4 Å². The Morgan fingerprint density at radius 1 is 0.892 bits per heavy atom. The Kier molecular flexibility index (Phi) is 7.73. The predicted octanol–water partition coefficient (Wildman–Crippen LogP) is 5.51. The Morgan fingerprint density at radius 3 is 2.24 bits per heavy atom. The van der Waals surface area contributed by atoms with Crippen LogP contribution < -0.4 is 10.1 Å². The highest BCUT2D eigenvalue weighted by atomic mass is 16.5. The van der Waals surface area contributed by atoms with Gasteiger partial charge >= 0.3 is 0 Å². The van der Waals surface area contributed by atoms with Gasteiger partial charge in [-0.15, -0.1) is 0 Å². The maximum Gasteiger partial charge on any atom is 0.228 e. The van der Waals surface area contributed by atoms with Crippen molar-refractivity contribution in [1.82, 2.24) is 9.80 Å². The number of amides is 1. The normalized spacial score (nSPS) is 16.4. The van der Waals surface area contributed by atoms with Gasteiger partial charge in [-0.05, 0) is 84.5 Å². The Morgan fingerprint density at radius 2 is 1.57 bits per heavy atom. The molecule has 1 N–H and O–H groups in total. The van der Waals surface area contributed by atoms with E-state index in [9.17, 15) is 4.79 Å². The minimum atomic E-state index is 0.0102. The number of ether oxygens (including phenoxy) is 1. The van der Waals surface area contributed by atoms with Crippen LogP contribution in [-0.4, -0.2) is 62.6 Å². The number of nitrogens with one attached hydrogen (secondary N) is 1. The molecule has 0 atom stereocenters. The van der Waals surface area contributed by atoms with Crippen molar-refractivity contribution in [3.8, 4) is 16.9 Å². The number of rotatable bonds is 7. The number of hydrogen-bond donors (Lipinski definition) is 1. The van der Waals surface area contributed by atoms with E-state index in [4.69, 9.17) is 4.74 Å². The second kappa shape index (κ2) is 11.3. The molecule has 37 heavy (non-hydrogen) atoms. The zero-order chi connectivity index (χ0) is 25.8. The molecule has 1 aliphatic carbocycles. The van der Waals surface area contributed by atoms with Crippen molar-refractivity contribution in [2.75, 3.05) is 52.2 Å². The lowest BCUT2D eigenvalue weighted by Crippen LogP contribution is -2.45. The molecule has 0 unspecified atom stereocenters. The number of piperazine rings is 1. The van der Waals surface area contributed by atoms with Crippen LogP contribution in [0, 0.1) is 0 Å². The van der Waals surface area contributed by atoms with Crippen molar-refractivity contribution >= 4 is 17.2 Å². The van der Waals surface area contributed by atoms with Crippen molar-refractivity contribution in [2.24, 2.45) is 0 Å². The molecule has 0 saturated carbocycles. The first-order valence-electron chi connectivity index (χ1n) is 13.2. The number of anilines is 1. The zero-order valence-electron chi connectivity index (χ0n) is 22.2. The minimum Gasteiger partial charge on any atom is -0.497 e. The van der Waals surface area contributed by atoms with Crippen LogP contribution >= 0.6 is 0 Å². The Hall–Kier alpha value is -3.41. The number of benzene rings is 3. The van der Waals surface area contributed by atoms with Crippen molar-refractivity contribution < 1.29 is 9.53 Å². The van der Waals surface area contributed by atoms with Gasteiger partial charge in [0.2, 0.25) is 5.91 Å². The molecule has 5 nitrogen and oxygen atoms in total. The highest BCUT2D eigenvalue weighted by molar-refractivity contribution is 5.92. The summed E-state index contributed by atoms with van der Waals surface area (Å²) in [7, 11) is 3.87. The van der Waals surface area contributed by atoms with Crippen LogP contribution in [0.1, 0.15) is 30.0 Å². The third kappa shape index (κ3) is 6.12. The lowest BCUT2D eigenvalue weighted by atomic mass is 9.85. The van der Waals surface area contributed by atoms with Crippen LogP contribution in [0.2, 0.25) is 0 Å². The predicted molar refractivity (Wildman–Crippen MR) is 152 cm³/mol. The number of fused-ring (bicyclic) bond motifs is 1. The van der Waals surface area contributed by atoms with Crippen LogP contribution in [0.25, 0.3) is 16.7 Å². The van der Waals surface area contributed by atoms with Gasteiger partial charge in [-0.25, -0.2) is 0 Å². The van der Waals surface area contributed by atoms with Gasteiger partial charge in [0, 0.05) is 38.4 Å². The van der Waals surface area contributed by atoms with E-state index < -0.39 is 0 Å². The van der Waals surface area contributed by atoms with Crippen molar-refractivity contribution in [3.05, 3.63) is 89.0 Å². The molecule has 0 bridgehead atoms. The standard InChI is InChI=1S/C32H37N3O2/c1-23-28(22-35-18-16-34(2)17-19-35)9-8-27-21-29(12-15-31(23)27)33-32(36)20-24-4-6-25(7-5-24)26-10-13-30(37-3)14-11-26/h4-7,10-15,21H,8-9,16-20,22H2,1-3H3,(H,33,36). The molecule has 3 aromatic carbocycles. The summed E-state index contributed by atoms with van der Waals surface area (Å²) in [5.41, 5.74) is 9.78. The van der Waals surface area contributed by atoms with E-state index >= 15 is 0 Å². The maximum atomic E-state index is 12.8. The first kappa shape index (κ1) is 25.2. The third-order valence-corrected chi connectivity index (χ3v) is 7.77. The third-order valence-electron chi connectivity index (χ3n) is 7.77. The first-order valence-corrected chi connectivity index (χ1v) is 13.2. The van der Waals surface area contributed by atoms with Gasteiger partial charge in [0.15, 0.2) is 0 Å². The number of carbonyl (C=O) groups is 1. The molecule has 192 valence electrons.